The van der Waals surface area contributed by atoms with E-state index in [1.54, 1.807) is 0 Å². The molecule has 0 bridgehead atoms. The van der Waals surface area contributed by atoms with E-state index in [1.165, 1.54) is 0 Å². The van der Waals surface area contributed by atoms with Crippen molar-refractivity contribution < 1.29 is 19.0 Å². The molecule has 0 aliphatic carbocycles. The maximum absolute atomic E-state index is 11.9. The van der Waals surface area contributed by atoms with Crippen LogP contribution in [-0.4, -0.2) is 43.4 Å². The van der Waals surface area contributed by atoms with Gasteiger partial charge in [-0.25, -0.2) is 0 Å². The third kappa shape index (κ3) is 2.54. The van der Waals surface area contributed by atoms with E-state index in [4.69, 9.17) is 14.2 Å². The quantitative estimate of drug-likeness (QED) is 0.643. The minimum absolute atomic E-state index is 0.0147. The number of rotatable bonds is 0. The van der Waals surface area contributed by atoms with Crippen molar-refractivity contribution >= 4 is 5.78 Å². The number of hydrogen-bond donors (Lipinski definition) is 0. The minimum Gasteiger partial charge on any atom is -0.375 e. The van der Waals surface area contributed by atoms with Gasteiger partial charge in [-0.05, 0) is 25.7 Å². The smallest absolute Gasteiger partial charge is 0.138 e. The predicted molar refractivity (Wildman–Crippen MR) is 60.9 cm³/mol. The lowest BCUT2D eigenvalue weighted by atomic mass is 9.92. The highest BCUT2D eigenvalue weighted by Gasteiger charge is 2.38. The fraction of sp³-hybridized carbons (Fsp3) is 0.923. The van der Waals surface area contributed by atoms with Crippen LogP contribution in [0.4, 0.5) is 0 Å². The summed E-state index contributed by atoms with van der Waals surface area (Å²) in [6.07, 6.45) is 5.26. The van der Waals surface area contributed by atoms with Gasteiger partial charge in [0, 0.05) is 26.1 Å². The Balaban J connectivity index is 1.74. The third-order valence-electron chi connectivity index (χ3n) is 3.97. The van der Waals surface area contributed by atoms with Crippen LogP contribution in [0.1, 0.15) is 38.5 Å². The average molecular weight is 240 g/mol. The second-order valence-electron chi connectivity index (χ2n) is 5.26. The van der Waals surface area contributed by atoms with Gasteiger partial charge < -0.3 is 14.2 Å². The Morgan fingerprint density at radius 2 is 1.35 bits per heavy atom. The van der Waals surface area contributed by atoms with Crippen LogP contribution in [-0.2, 0) is 19.0 Å². The predicted octanol–water partition coefficient (Wildman–Crippen LogP) is 1.46. The Labute approximate surface area is 102 Å². The first-order valence-electron chi connectivity index (χ1n) is 6.73. The van der Waals surface area contributed by atoms with Gasteiger partial charge in [0.2, 0.25) is 0 Å². The number of carbonyl (C=O) groups excluding carboxylic acids is 1. The monoisotopic (exact) mass is 240 g/mol. The van der Waals surface area contributed by atoms with Crippen molar-refractivity contribution in [1.29, 1.82) is 0 Å². The molecule has 0 spiro atoms. The van der Waals surface area contributed by atoms with Crippen LogP contribution in [0.3, 0.4) is 0 Å². The summed E-state index contributed by atoms with van der Waals surface area (Å²) in [6.45, 7) is 1.53. The second-order valence-corrected chi connectivity index (χ2v) is 5.26. The van der Waals surface area contributed by atoms with Gasteiger partial charge in [0.25, 0.3) is 0 Å². The topological polar surface area (TPSA) is 44.8 Å². The standard InChI is InChI=1S/C13H20O4/c14-9-7-12-10(3-1-5-15-12)17-11-4-2-6-16-13(11)8-9/h10-13H,1-8H2/t10-,11+,12+,13-. The molecule has 3 rings (SSSR count). The molecule has 17 heavy (non-hydrogen) atoms. The van der Waals surface area contributed by atoms with Crippen LogP contribution < -0.4 is 0 Å². The SMILES string of the molecule is O=C1C[C@@H]2OCCC[C@H]2O[C@H]2CCCO[C@@H]2C1. The van der Waals surface area contributed by atoms with Crippen molar-refractivity contribution in [3.8, 4) is 0 Å². The normalized spacial score (nSPS) is 43.2. The maximum atomic E-state index is 11.9. The van der Waals surface area contributed by atoms with E-state index in [9.17, 15) is 4.79 Å². The molecule has 0 radical (unpaired) electrons. The van der Waals surface area contributed by atoms with Crippen molar-refractivity contribution in [3.63, 3.8) is 0 Å². The van der Waals surface area contributed by atoms with Gasteiger partial charge in [-0.2, -0.15) is 0 Å². The van der Waals surface area contributed by atoms with Crippen LogP contribution in [0.15, 0.2) is 0 Å². The zero-order chi connectivity index (χ0) is 11.7. The molecular formula is C13H20O4. The van der Waals surface area contributed by atoms with Gasteiger partial charge in [-0.15, -0.1) is 0 Å². The Hall–Kier alpha value is -0.450. The van der Waals surface area contributed by atoms with E-state index in [1.807, 2.05) is 0 Å². The largest absolute Gasteiger partial charge is 0.375 e. The Bertz CT molecular complexity index is 265. The van der Waals surface area contributed by atoms with E-state index in [-0.39, 0.29) is 30.2 Å². The minimum atomic E-state index is -0.0147. The summed E-state index contributed by atoms with van der Waals surface area (Å²) in [7, 11) is 0. The van der Waals surface area contributed by atoms with E-state index < -0.39 is 0 Å². The number of fused-ring (bicyclic) bond motifs is 2. The zero-order valence-electron chi connectivity index (χ0n) is 10.1. The van der Waals surface area contributed by atoms with Crippen LogP contribution >= 0.6 is 0 Å². The molecule has 0 aromatic heterocycles. The van der Waals surface area contributed by atoms with E-state index in [0.717, 1.165) is 38.9 Å². The Morgan fingerprint density at radius 3 is 1.88 bits per heavy atom. The summed E-state index contributed by atoms with van der Waals surface area (Å²) in [5.74, 6) is 0.266. The van der Waals surface area contributed by atoms with Crippen LogP contribution in [0.25, 0.3) is 0 Å². The van der Waals surface area contributed by atoms with Gasteiger partial charge >= 0.3 is 0 Å². The third-order valence-corrected chi connectivity index (χ3v) is 3.97. The molecule has 0 N–H and O–H groups in total. The Kier molecular flexibility index (Phi) is 3.45. The molecule has 3 aliphatic rings. The first-order valence-corrected chi connectivity index (χ1v) is 6.73. The lowest BCUT2D eigenvalue weighted by Gasteiger charge is -2.40. The molecule has 0 aromatic rings. The highest BCUT2D eigenvalue weighted by molar-refractivity contribution is 5.79. The van der Waals surface area contributed by atoms with E-state index in [0.29, 0.717) is 12.8 Å². The van der Waals surface area contributed by atoms with Gasteiger partial charge in [0.05, 0.1) is 24.4 Å². The van der Waals surface area contributed by atoms with E-state index >= 15 is 0 Å². The number of hydrogen-bond acceptors (Lipinski definition) is 4. The van der Waals surface area contributed by atoms with Gasteiger partial charge in [0.15, 0.2) is 0 Å². The molecule has 0 amide bonds. The average Bonchev–Trinajstić information content (AvgIpc) is 2.31. The Morgan fingerprint density at radius 1 is 0.824 bits per heavy atom. The number of ketones is 1. The summed E-state index contributed by atoms with van der Waals surface area (Å²) >= 11 is 0. The van der Waals surface area contributed by atoms with E-state index in [2.05, 4.69) is 0 Å². The zero-order valence-corrected chi connectivity index (χ0v) is 10.1. The molecule has 0 saturated carbocycles. The van der Waals surface area contributed by atoms with Crippen LogP contribution in [0.2, 0.25) is 0 Å². The first-order chi connectivity index (χ1) is 8.33. The molecular weight excluding hydrogens is 220 g/mol. The molecule has 0 aromatic carbocycles. The molecule has 3 saturated heterocycles. The maximum Gasteiger partial charge on any atom is 0.138 e. The lowest BCUT2D eigenvalue weighted by Crippen LogP contribution is -2.48. The van der Waals surface area contributed by atoms with Crippen molar-refractivity contribution in [2.24, 2.45) is 0 Å². The first kappa shape index (κ1) is 11.6. The summed E-state index contributed by atoms with van der Waals surface area (Å²) in [5.41, 5.74) is 0. The highest BCUT2D eigenvalue weighted by Crippen LogP contribution is 2.30. The summed E-state index contributed by atoms with van der Waals surface area (Å²) < 4.78 is 17.5. The highest BCUT2D eigenvalue weighted by atomic mass is 16.6. The molecule has 4 heteroatoms. The van der Waals surface area contributed by atoms with Crippen molar-refractivity contribution in [2.75, 3.05) is 13.2 Å². The van der Waals surface area contributed by atoms with Gasteiger partial charge in [-0.1, -0.05) is 0 Å². The van der Waals surface area contributed by atoms with Crippen LogP contribution in [0, 0.1) is 0 Å². The second kappa shape index (κ2) is 5.04. The lowest BCUT2D eigenvalue weighted by molar-refractivity contribution is -0.190. The van der Waals surface area contributed by atoms with Crippen molar-refractivity contribution in [1.82, 2.24) is 0 Å². The molecule has 0 unspecified atom stereocenters. The number of Topliss-reactive ketones (excluding diaryl/α,β-unsaturated/α-hetero) is 1. The summed E-state index contributed by atoms with van der Waals surface area (Å²) in [6, 6.07) is 0. The molecule has 3 fully saturated rings. The van der Waals surface area contributed by atoms with Gasteiger partial charge in [0.1, 0.15) is 5.78 Å². The molecule has 96 valence electrons. The number of carbonyl (C=O) groups is 1. The fourth-order valence-corrected chi connectivity index (χ4v) is 3.07. The van der Waals surface area contributed by atoms with Crippen molar-refractivity contribution in [2.45, 2.75) is 62.9 Å². The van der Waals surface area contributed by atoms with Crippen molar-refractivity contribution in [3.05, 3.63) is 0 Å². The number of ether oxygens (including phenoxy) is 3. The molecule has 3 heterocycles. The molecule has 4 nitrogen and oxygen atoms in total. The van der Waals surface area contributed by atoms with Crippen LogP contribution in [0.5, 0.6) is 0 Å². The summed E-state index contributed by atoms with van der Waals surface area (Å²) in [5, 5.41) is 0. The summed E-state index contributed by atoms with van der Waals surface area (Å²) in [4.78, 5) is 11.9. The molecule has 3 aliphatic heterocycles. The molecule has 4 atom stereocenters. The van der Waals surface area contributed by atoms with Gasteiger partial charge in [-0.3, -0.25) is 4.79 Å². The fourth-order valence-electron chi connectivity index (χ4n) is 3.07.